The van der Waals surface area contributed by atoms with E-state index in [-0.39, 0.29) is 0 Å². The summed E-state index contributed by atoms with van der Waals surface area (Å²) >= 11 is 1.57. The van der Waals surface area contributed by atoms with Gasteiger partial charge in [0.2, 0.25) is 4.96 Å². The fourth-order valence-electron chi connectivity index (χ4n) is 1.84. The standard InChI is InChI=1S/C12H12N4S/c1-8-5-3-4-6-10(8)7-11-13-14-12-16(11)15-9(2)17-12/h3-6H,7H2,1-2H3. The number of nitrogens with zero attached hydrogens (tertiary/aromatic N) is 4. The molecule has 2 aromatic heterocycles. The fourth-order valence-corrected chi connectivity index (χ4v) is 2.54. The van der Waals surface area contributed by atoms with Crippen LogP contribution in [0.2, 0.25) is 0 Å². The Balaban J connectivity index is 2.02. The van der Waals surface area contributed by atoms with Gasteiger partial charge in [-0.25, -0.2) is 0 Å². The minimum absolute atomic E-state index is 0.775. The lowest BCUT2D eigenvalue weighted by Gasteiger charge is -2.02. The zero-order valence-corrected chi connectivity index (χ0v) is 10.5. The van der Waals surface area contributed by atoms with Gasteiger partial charge in [0.05, 0.1) is 0 Å². The molecule has 0 aliphatic heterocycles. The Bertz CT molecular complexity index is 668. The van der Waals surface area contributed by atoms with E-state index < -0.39 is 0 Å². The lowest BCUT2D eigenvalue weighted by Crippen LogP contribution is -1.99. The van der Waals surface area contributed by atoms with E-state index in [1.54, 1.807) is 11.3 Å². The lowest BCUT2D eigenvalue weighted by atomic mass is 10.1. The molecule has 0 bridgehead atoms. The molecule has 0 N–H and O–H groups in total. The molecule has 86 valence electrons. The highest BCUT2D eigenvalue weighted by Gasteiger charge is 2.10. The van der Waals surface area contributed by atoms with Crippen molar-refractivity contribution >= 4 is 16.3 Å². The van der Waals surface area contributed by atoms with Crippen LogP contribution in [0.4, 0.5) is 0 Å². The first-order valence-electron chi connectivity index (χ1n) is 5.46. The Labute approximate surface area is 103 Å². The molecule has 0 saturated carbocycles. The fraction of sp³-hybridized carbons (Fsp3) is 0.250. The van der Waals surface area contributed by atoms with Crippen molar-refractivity contribution in [3.8, 4) is 0 Å². The molecule has 0 fully saturated rings. The average Bonchev–Trinajstić information content (AvgIpc) is 2.82. The van der Waals surface area contributed by atoms with Crippen LogP contribution in [-0.2, 0) is 6.42 Å². The van der Waals surface area contributed by atoms with Crippen LogP contribution >= 0.6 is 11.3 Å². The monoisotopic (exact) mass is 244 g/mol. The first-order chi connectivity index (χ1) is 8.24. The highest BCUT2D eigenvalue weighted by Crippen LogP contribution is 2.16. The van der Waals surface area contributed by atoms with E-state index in [1.807, 2.05) is 23.6 Å². The Morgan fingerprint density at radius 3 is 2.82 bits per heavy atom. The Kier molecular flexibility index (Phi) is 2.40. The maximum absolute atomic E-state index is 4.41. The van der Waals surface area contributed by atoms with Crippen LogP contribution in [-0.4, -0.2) is 19.8 Å². The molecule has 0 unspecified atom stereocenters. The third-order valence-electron chi connectivity index (χ3n) is 2.77. The van der Waals surface area contributed by atoms with Crippen LogP contribution in [0.5, 0.6) is 0 Å². The van der Waals surface area contributed by atoms with Crippen molar-refractivity contribution in [2.75, 3.05) is 0 Å². The maximum Gasteiger partial charge on any atom is 0.234 e. The predicted octanol–water partition coefficient (Wildman–Crippen LogP) is 2.39. The zero-order chi connectivity index (χ0) is 11.8. The molecule has 5 heteroatoms. The zero-order valence-electron chi connectivity index (χ0n) is 9.71. The van der Waals surface area contributed by atoms with Gasteiger partial charge in [0.15, 0.2) is 5.82 Å². The molecule has 0 spiro atoms. The summed E-state index contributed by atoms with van der Waals surface area (Å²) in [5.41, 5.74) is 2.55. The minimum Gasteiger partial charge on any atom is -0.187 e. The third-order valence-corrected chi connectivity index (χ3v) is 3.58. The van der Waals surface area contributed by atoms with E-state index in [0.29, 0.717) is 0 Å². The van der Waals surface area contributed by atoms with Gasteiger partial charge in [-0.1, -0.05) is 35.6 Å². The first-order valence-corrected chi connectivity index (χ1v) is 6.28. The summed E-state index contributed by atoms with van der Waals surface area (Å²) in [6.07, 6.45) is 0.775. The van der Waals surface area contributed by atoms with Gasteiger partial charge in [0.1, 0.15) is 5.01 Å². The Morgan fingerprint density at radius 1 is 1.18 bits per heavy atom. The number of rotatable bonds is 2. The number of aromatic nitrogens is 4. The molecule has 2 heterocycles. The van der Waals surface area contributed by atoms with Gasteiger partial charge >= 0.3 is 0 Å². The van der Waals surface area contributed by atoms with Gasteiger partial charge in [0, 0.05) is 6.42 Å². The minimum atomic E-state index is 0.775. The molecular weight excluding hydrogens is 232 g/mol. The highest BCUT2D eigenvalue weighted by molar-refractivity contribution is 7.16. The van der Waals surface area contributed by atoms with Gasteiger partial charge in [0.25, 0.3) is 0 Å². The van der Waals surface area contributed by atoms with Crippen LogP contribution in [0.15, 0.2) is 24.3 Å². The quantitative estimate of drug-likeness (QED) is 0.695. The summed E-state index contributed by atoms with van der Waals surface area (Å²) in [5, 5.41) is 13.8. The largest absolute Gasteiger partial charge is 0.234 e. The van der Waals surface area contributed by atoms with Gasteiger partial charge in [-0.3, -0.25) is 0 Å². The predicted molar refractivity (Wildman–Crippen MR) is 67.4 cm³/mol. The summed E-state index contributed by atoms with van der Waals surface area (Å²) in [4.78, 5) is 0.867. The summed E-state index contributed by atoms with van der Waals surface area (Å²) in [6, 6.07) is 8.33. The van der Waals surface area contributed by atoms with Crippen molar-refractivity contribution in [2.45, 2.75) is 20.3 Å². The number of hydrogen-bond acceptors (Lipinski definition) is 4. The topological polar surface area (TPSA) is 43.1 Å². The van der Waals surface area contributed by atoms with Gasteiger partial charge in [-0.05, 0) is 25.0 Å². The molecule has 4 nitrogen and oxygen atoms in total. The summed E-state index contributed by atoms with van der Waals surface area (Å²) in [5.74, 6) is 0.902. The number of benzene rings is 1. The van der Waals surface area contributed by atoms with Crippen molar-refractivity contribution in [3.63, 3.8) is 0 Å². The summed E-state index contributed by atoms with van der Waals surface area (Å²) in [6.45, 7) is 4.09. The lowest BCUT2D eigenvalue weighted by molar-refractivity contribution is 0.837. The van der Waals surface area contributed by atoms with Crippen LogP contribution in [0.3, 0.4) is 0 Å². The van der Waals surface area contributed by atoms with Crippen molar-refractivity contribution < 1.29 is 0 Å². The second kappa shape index (κ2) is 3.92. The van der Waals surface area contributed by atoms with Crippen LogP contribution in [0, 0.1) is 13.8 Å². The van der Waals surface area contributed by atoms with Crippen LogP contribution < -0.4 is 0 Å². The molecule has 3 rings (SSSR count). The van der Waals surface area contributed by atoms with E-state index >= 15 is 0 Å². The maximum atomic E-state index is 4.41. The molecule has 0 aliphatic carbocycles. The second-order valence-corrected chi connectivity index (χ2v) is 5.20. The van der Waals surface area contributed by atoms with Crippen molar-refractivity contribution in [1.82, 2.24) is 19.8 Å². The summed E-state index contributed by atoms with van der Waals surface area (Å²) in [7, 11) is 0. The third kappa shape index (κ3) is 1.82. The molecular formula is C12H12N4S. The number of aryl methyl sites for hydroxylation is 2. The molecule has 17 heavy (non-hydrogen) atoms. The molecule has 0 saturated heterocycles. The van der Waals surface area contributed by atoms with Crippen LogP contribution in [0.1, 0.15) is 22.0 Å². The van der Waals surface area contributed by atoms with Crippen molar-refractivity contribution in [2.24, 2.45) is 0 Å². The summed E-state index contributed by atoms with van der Waals surface area (Å²) < 4.78 is 1.84. The van der Waals surface area contributed by atoms with Gasteiger partial charge in [-0.15, -0.1) is 10.2 Å². The Morgan fingerprint density at radius 2 is 2.00 bits per heavy atom. The Hall–Kier alpha value is -1.75. The molecule has 0 aliphatic rings. The molecule has 1 aromatic carbocycles. The van der Waals surface area contributed by atoms with E-state index in [9.17, 15) is 0 Å². The van der Waals surface area contributed by atoms with E-state index in [2.05, 4.69) is 34.4 Å². The van der Waals surface area contributed by atoms with Gasteiger partial charge in [-0.2, -0.15) is 9.61 Å². The second-order valence-electron chi connectivity index (χ2n) is 4.03. The molecule has 0 amide bonds. The smallest absolute Gasteiger partial charge is 0.187 e. The van der Waals surface area contributed by atoms with Gasteiger partial charge < -0.3 is 0 Å². The van der Waals surface area contributed by atoms with E-state index in [0.717, 1.165) is 22.2 Å². The average molecular weight is 244 g/mol. The molecule has 3 aromatic rings. The number of hydrogen-bond donors (Lipinski definition) is 0. The highest BCUT2D eigenvalue weighted by atomic mass is 32.1. The molecule has 0 atom stereocenters. The van der Waals surface area contributed by atoms with E-state index in [1.165, 1.54) is 11.1 Å². The van der Waals surface area contributed by atoms with Crippen molar-refractivity contribution in [3.05, 3.63) is 46.2 Å². The normalized spacial score (nSPS) is 11.2. The SMILES string of the molecule is Cc1nn2c(Cc3ccccc3C)nnc2s1. The van der Waals surface area contributed by atoms with Crippen LogP contribution in [0.25, 0.3) is 4.96 Å². The van der Waals surface area contributed by atoms with Crippen molar-refractivity contribution in [1.29, 1.82) is 0 Å². The molecule has 0 radical (unpaired) electrons. The first kappa shape index (κ1) is 10.4. The number of fused-ring (bicyclic) bond motifs is 1. The van der Waals surface area contributed by atoms with E-state index in [4.69, 9.17) is 0 Å².